The fourth-order valence-corrected chi connectivity index (χ4v) is 2.34. The van der Waals surface area contributed by atoms with Crippen LogP contribution < -0.4 is 0 Å². The molecule has 1 aliphatic carbocycles. The zero-order chi connectivity index (χ0) is 13.4. The highest BCUT2D eigenvalue weighted by molar-refractivity contribution is 9.10. The Balaban J connectivity index is 1.96. The van der Waals surface area contributed by atoms with Crippen LogP contribution in [0.5, 0.6) is 5.75 Å². The third-order valence-corrected chi connectivity index (χ3v) is 3.68. The van der Waals surface area contributed by atoms with Gasteiger partial charge in [-0.15, -0.1) is 0 Å². The van der Waals surface area contributed by atoms with Gasteiger partial charge in [0.1, 0.15) is 5.75 Å². The fraction of sp³-hybridized carbons (Fsp3) is 0.250. The number of nitrogens with one attached hydrogen (secondary N) is 1. The Morgan fingerprint density at radius 3 is 3.05 bits per heavy atom. The molecule has 19 heavy (non-hydrogen) atoms. The van der Waals surface area contributed by atoms with Crippen LogP contribution in [-0.4, -0.2) is 26.2 Å². The van der Waals surface area contributed by atoms with Crippen molar-refractivity contribution in [2.75, 3.05) is 0 Å². The normalized spacial score (nSPS) is 15.2. The summed E-state index contributed by atoms with van der Waals surface area (Å²) >= 11 is 8.51. The first-order valence-electron chi connectivity index (χ1n) is 5.85. The molecule has 5 nitrogen and oxygen atoms in total. The Bertz CT molecular complexity index is 702. The predicted octanol–water partition coefficient (Wildman–Crippen LogP) is 3.17. The lowest BCUT2D eigenvalue weighted by Gasteiger charge is -2.00. The zero-order valence-electron chi connectivity index (χ0n) is 9.88. The summed E-state index contributed by atoms with van der Waals surface area (Å²) in [6, 6.07) is 5.17. The minimum atomic E-state index is 0.176. The van der Waals surface area contributed by atoms with Crippen LogP contribution in [0.4, 0.5) is 0 Å². The minimum absolute atomic E-state index is 0.176. The van der Waals surface area contributed by atoms with Crippen LogP contribution in [0.1, 0.15) is 30.1 Å². The van der Waals surface area contributed by atoms with Crippen molar-refractivity contribution >= 4 is 34.4 Å². The second-order valence-corrected chi connectivity index (χ2v) is 5.72. The number of phenolic OH excluding ortho intramolecular Hbond substituents is 1. The van der Waals surface area contributed by atoms with Gasteiger partial charge in [0.15, 0.2) is 5.82 Å². The summed E-state index contributed by atoms with van der Waals surface area (Å²) < 4.78 is 2.96. The highest BCUT2D eigenvalue weighted by Crippen LogP contribution is 2.38. The van der Waals surface area contributed by atoms with Crippen molar-refractivity contribution in [2.45, 2.75) is 18.8 Å². The van der Waals surface area contributed by atoms with Gasteiger partial charge in [0, 0.05) is 16.0 Å². The molecule has 0 saturated heterocycles. The molecular formula is C12H11BrN4OS. The van der Waals surface area contributed by atoms with E-state index in [2.05, 4.69) is 31.2 Å². The fourth-order valence-electron chi connectivity index (χ4n) is 1.77. The summed E-state index contributed by atoms with van der Waals surface area (Å²) in [4.78, 5) is 0. The molecule has 1 heterocycles. The van der Waals surface area contributed by atoms with Crippen molar-refractivity contribution < 1.29 is 5.11 Å². The van der Waals surface area contributed by atoms with E-state index in [1.807, 2.05) is 0 Å². The molecule has 1 aromatic carbocycles. The Hall–Kier alpha value is -1.47. The van der Waals surface area contributed by atoms with Crippen LogP contribution in [0.2, 0.25) is 0 Å². The van der Waals surface area contributed by atoms with E-state index in [4.69, 9.17) is 12.2 Å². The van der Waals surface area contributed by atoms with Gasteiger partial charge in [-0.1, -0.05) is 15.9 Å². The van der Waals surface area contributed by atoms with Gasteiger partial charge in [0.05, 0.1) is 6.21 Å². The summed E-state index contributed by atoms with van der Waals surface area (Å²) in [6.45, 7) is 0. The summed E-state index contributed by atoms with van der Waals surface area (Å²) in [6.07, 6.45) is 3.83. The van der Waals surface area contributed by atoms with Crippen molar-refractivity contribution in [1.82, 2.24) is 14.9 Å². The van der Waals surface area contributed by atoms with E-state index >= 15 is 0 Å². The molecule has 1 saturated carbocycles. The maximum absolute atomic E-state index is 9.75. The highest BCUT2D eigenvalue weighted by Gasteiger charge is 2.29. The standard InChI is InChI=1S/C12H11BrN4OS/c13-9-3-4-10(18)8(5-9)6-14-17-11(7-1-2-7)15-16-12(17)19/h3-7,18H,1-2H2,(H,16,19)/b14-6+. The van der Waals surface area contributed by atoms with Crippen LogP contribution >= 0.6 is 28.1 Å². The molecule has 1 aliphatic rings. The van der Waals surface area contributed by atoms with Crippen LogP contribution in [0.25, 0.3) is 0 Å². The molecule has 0 radical (unpaired) electrons. The molecular weight excluding hydrogens is 328 g/mol. The van der Waals surface area contributed by atoms with Gasteiger partial charge in [0.25, 0.3) is 0 Å². The molecule has 0 unspecified atom stereocenters. The first-order chi connectivity index (χ1) is 9.15. The topological polar surface area (TPSA) is 66.2 Å². The monoisotopic (exact) mass is 338 g/mol. The van der Waals surface area contributed by atoms with Crippen molar-refractivity contribution in [3.05, 3.63) is 38.8 Å². The van der Waals surface area contributed by atoms with E-state index in [1.54, 1.807) is 29.1 Å². The summed E-state index contributed by atoms with van der Waals surface area (Å²) in [7, 11) is 0. The van der Waals surface area contributed by atoms with Gasteiger partial charge in [-0.3, -0.25) is 5.10 Å². The minimum Gasteiger partial charge on any atom is -0.507 e. The number of H-pyrrole nitrogens is 1. The van der Waals surface area contributed by atoms with E-state index in [0.717, 1.165) is 23.1 Å². The Morgan fingerprint density at radius 1 is 1.53 bits per heavy atom. The number of aromatic amines is 1. The first-order valence-corrected chi connectivity index (χ1v) is 7.05. The van der Waals surface area contributed by atoms with E-state index < -0.39 is 0 Å². The quantitative estimate of drug-likeness (QED) is 0.667. The number of benzene rings is 1. The lowest BCUT2D eigenvalue weighted by molar-refractivity contribution is 0.474. The molecule has 3 rings (SSSR count). The number of rotatable bonds is 3. The van der Waals surface area contributed by atoms with E-state index in [0.29, 0.717) is 16.3 Å². The maximum Gasteiger partial charge on any atom is 0.216 e. The summed E-state index contributed by atoms with van der Waals surface area (Å²) in [5, 5.41) is 21.0. The Morgan fingerprint density at radius 2 is 2.32 bits per heavy atom. The molecule has 0 atom stereocenters. The number of hydrogen-bond acceptors (Lipinski definition) is 4. The SMILES string of the molecule is Oc1ccc(Br)cc1/C=N/n1c(C2CC2)n[nH]c1=S. The van der Waals surface area contributed by atoms with Gasteiger partial charge >= 0.3 is 0 Å². The molecule has 98 valence electrons. The molecule has 0 aliphatic heterocycles. The number of aromatic hydroxyl groups is 1. The number of nitrogens with zero attached hydrogens (tertiary/aromatic N) is 3. The van der Waals surface area contributed by atoms with Crippen molar-refractivity contribution in [3.8, 4) is 5.75 Å². The third kappa shape index (κ3) is 2.62. The van der Waals surface area contributed by atoms with E-state index in [-0.39, 0.29) is 5.75 Å². The molecule has 2 aromatic rings. The van der Waals surface area contributed by atoms with E-state index in [9.17, 15) is 5.11 Å². The highest BCUT2D eigenvalue weighted by atomic mass is 79.9. The van der Waals surface area contributed by atoms with Gasteiger partial charge in [-0.2, -0.15) is 14.9 Å². The average Bonchev–Trinajstić information content (AvgIpc) is 3.16. The number of hydrogen-bond donors (Lipinski definition) is 2. The van der Waals surface area contributed by atoms with Gasteiger partial charge in [-0.25, -0.2) is 0 Å². The van der Waals surface area contributed by atoms with Crippen LogP contribution in [-0.2, 0) is 0 Å². The lowest BCUT2D eigenvalue weighted by Crippen LogP contribution is -1.97. The molecule has 7 heteroatoms. The van der Waals surface area contributed by atoms with Gasteiger partial charge in [0.2, 0.25) is 4.77 Å². The van der Waals surface area contributed by atoms with Crippen LogP contribution in [0.3, 0.4) is 0 Å². The molecule has 1 aromatic heterocycles. The number of phenols is 1. The largest absolute Gasteiger partial charge is 0.507 e. The van der Waals surface area contributed by atoms with Crippen molar-refractivity contribution in [2.24, 2.45) is 5.10 Å². The first kappa shape index (κ1) is 12.6. The molecule has 0 spiro atoms. The maximum atomic E-state index is 9.75. The molecule has 0 amide bonds. The Labute approximate surface area is 123 Å². The lowest BCUT2D eigenvalue weighted by atomic mass is 10.2. The second kappa shape index (κ2) is 4.90. The summed E-state index contributed by atoms with van der Waals surface area (Å²) in [5.74, 6) is 1.48. The number of aromatic nitrogens is 3. The smallest absolute Gasteiger partial charge is 0.216 e. The predicted molar refractivity (Wildman–Crippen MR) is 78.2 cm³/mol. The molecule has 2 N–H and O–H groups in total. The second-order valence-electron chi connectivity index (χ2n) is 4.42. The summed E-state index contributed by atoms with van der Waals surface area (Å²) in [5.41, 5.74) is 0.624. The van der Waals surface area contributed by atoms with Gasteiger partial charge in [-0.05, 0) is 43.3 Å². The third-order valence-electron chi connectivity index (χ3n) is 2.92. The average molecular weight is 339 g/mol. The van der Waals surface area contributed by atoms with E-state index in [1.165, 1.54) is 0 Å². The Kier molecular flexibility index (Phi) is 3.24. The van der Waals surface area contributed by atoms with Crippen molar-refractivity contribution in [1.29, 1.82) is 0 Å². The number of halogens is 1. The molecule has 0 bridgehead atoms. The zero-order valence-corrected chi connectivity index (χ0v) is 12.3. The van der Waals surface area contributed by atoms with Gasteiger partial charge < -0.3 is 5.11 Å². The van der Waals surface area contributed by atoms with Crippen molar-refractivity contribution in [3.63, 3.8) is 0 Å². The molecule has 1 fully saturated rings. The van der Waals surface area contributed by atoms with Crippen LogP contribution in [0, 0.1) is 4.77 Å². The van der Waals surface area contributed by atoms with Crippen LogP contribution in [0.15, 0.2) is 27.8 Å².